The number of imidazole rings is 1. The first-order chi connectivity index (χ1) is 4.74. The zero-order chi connectivity index (χ0) is 7.56. The fraction of sp³-hybridized carbons (Fsp3) is 0.571. The number of nitrogens with two attached hydrogens (primary N) is 1. The Morgan fingerprint density at radius 3 is 2.80 bits per heavy atom. The Morgan fingerprint density at radius 2 is 2.40 bits per heavy atom. The van der Waals surface area contributed by atoms with Crippen LogP contribution in [0.15, 0.2) is 6.20 Å². The summed E-state index contributed by atoms with van der Waals surface area (Å²) in [4.78, 5) is 4.24. The Kier molecular flexibility index (Phi) is 1.94. The fourth-order valence-electron chi connectivity index (χ4n) is 0.975. The molecule has 0 amide bonds. The van der Waals surface area contributed by atoms with Crippen LogP contribution in [0.2, 0.25) is 0 Å². The van der Waals surface area contributed by atoms with Crippen LogP contribution in [0.3, 0.4) is 0 Å². The molecule has 0 aliphatic carbocycles. The SMILES string of the molecule is CCCc1nc(C)cn1N. The highest BCUT2D eigenvalue weighted by Crippen LogP contribution is 2.00. The summed E-state index contributed by atoms with van der Waals surface area (Å²) in [5.41, 5.74) is 0.992. The first-order valence-corrected chi connectivity index (χ1v) is 3.54. The van der Waals surface area contributed by atoms with Crippen molar-refractivity contribution >= 4 is 0 Å². The van der Waals surface area contributed by atoms with Gasteiger partial charge in [-0.25, -0.2) is 4.98 Å². The van der Waals surface area contributed by atoms with Crippen LogP contribution in [0, 0.1) is 6.92 Å². The van der Waals surface area contributed by atoms with Crippen molar-refractivity contribution in [1.82, 2.24) is 9.66 Å². The third-order valence-corrected chi connectivity index (χ3v) is 1.40. The number of nitrogens with zero attached hydrogens (tertiary/aromatic N) is 2. The van der Waals surface area contributed by atoms with Gasteiger partial charge in [-0.1, -0.05) is 6.92 Å². The van der Waals surface area contributed by atoms with Crippen LogP contribution in [-0.4, -0.2) is 9.66 Å². The second-order valence-electron chi connectivity index (χ2n) is 2.46. The van der Waals surface area contributed by atoms with Gasteiger partial charge in [0.05, 0.1) is 5.69 Å². The van der Waals surface area contributed by atoms with Gasteiger partial charge in [0.15, 0.2) is 0 Å². The Morgan fingerprint density at radius 1 is 1.70 bits per heavy atom. The number of hydrogen-bond acceptors (Lipinski definition) is 2. The van der Waals surface area contributed by atoms with E-state index in [0.717, 1.165) is 24.4 Å². The maximum atomic E-state index is 5.58. The molecule has 3 nitrogen and oxygen atoms in total. The largest absolute Gasteiger partial charge is 0.338 e. The van der Waals surface area contributed by atoms with E-state index in [-0.39, 0.29) is 0 Å². The molecular formula is C7H13N3. The van der Waals surface area contributed by atoms with E-state index in [1.54, 1.807) is 4.68 Å². The highest BCUT2D eigenvalue weighted by Gasteiger charge is 1.99. The monoisotopic (exact) mass is 139 g/mol. The van der Waals surface area contributed by atoms with Crippen LogP contribution >= 0.6 is 0 Å². The Balaban J connectivity index is 2.81. The molecular weight excluding hydrogens is 126 g/mol. The van der Waals surface area contributed by atoms with Gasteiger partial charge in [0.25, 0.3) is 0 Å². The van der Waals surface area contributed by atoms with Gasteiger partial charge in [0, 0.05) is 12.6 Å². The topological polar surface area (TPSA) is 43.8 Å². The summed E-state index contributed by atoms with van der Waals surface area (Å²) in [6.45, 7) is 4.06. The molecule has 0 atom stereocenters. The third kappa shape index (κ3) is 1.29. The summed E-state index contributed by atoms with van der Waals surface area (Å²) >= 11 is 0. The second-order valence-corrected chi connectivity index (χ2v) is 2.46. The molecule has 0 bridgehead atoms. The lowest BCUT2D eigenvalue weighted by Crippen LogP contribution is -2.10. The van der Waals surface area contributed by atoms with E-state index in [9.17, 15) is 0 Å². The van der Waals surface area contributed by atoms with Crippen LogP contribution in [0.25, 0.3) is 0 Å². The van der Waals surface area contributed by atoms with Gasteiger partial charge in [0.2, 0.25) is 0 Å². The van der Waals surface area contributed by atoms with E-state index in [1.807, 2.05) is 13.1 Å². The van der Waals surface area contributed by atoms with Crippen LogP contribution in [0.1, 0.15) is 24.9 Å². The van der Waals surface area contributed by atoms with Crippen LogP contribution < -0.4 is 5.84 Å². The van der Waals surface area contributed by atoms with Crippen LogP contribution in [-0.2, 0) is 6.42 Å². The van der Waals surface area contributed by atoms with Crippen molar-refractivity contribution in [2.75, 3.05) is 5.84 Å². The van der Waals surface area contributed by atoms with Crippen molar-refractivity contribution in [3.63, 3.8) is 0 Å². The lowest BCUT2D eigenvalue weighted by atomic mass is 10.3. The first-order valence-electron chi connectivity index (χ1n) is 3.54. The quantitative estimate of drug-likeness (QED) is 0.617. The molecule has 1 heterocycles. The lowest BCUT2D eigenvalue weighted by Gasteiger charge is -1.96. The molecule has 0 spiro atoms. The summed E-state index contributed by atoms with van der Waals surface area (Å²) in [5, 5.41) is 0. The molecule has 1 aromatic rings. The first kappa shape index (κ1) is 7.12. The smallest absolute Gasteiger partial charge is 0.127 e. The van der Waals surface area contributed by atoms with Gasteiger partial charge >= 0.3 is 0 Å². The van der Waals surface area contributed by atoms with Crippen molar-refractivity contribution in [2.45, 2.75) is 26.7 Å². The van der Waals surface area contributed by atoms with E-state index < -0.39 is 0 Å². The van der Waals surface area contributed by atoms with Crippen molar-refractivity contribution in [3.05, 3.63) is 17.7 Å². The summed E-state index contributed by atoms with van der Waals surface area (Å²) in [6, 6.07) is 0. The minimum absolute atomic E-state index is 0.963. The lowest BCUT2D eigenvalue weighted by molar-refractivity contribution is 0.789. The molecule has 0 unspecified atom stereocenters. The zero-order valence-corrected chi connectivity index (χ0v) is 6.46. The highest BCUT2D eigenvalue weighted by molar-refractivity contribution is 5.01. The van der Waals surface area contributed by atoms with E-state index >= 15 is 0 Å². The van der Waals surface area contributed by atoms with E-state index in [1.165, 1.54) is 0 Å². The summed E-state index contributed by atoms with van der Waals surface area (Å²) in [5.74, 6) is 6.55. The van der Waals surface area contributed by atoms with Crippen LogP contribution in [0.5, 0.6) is 0 Å². The van der Waals surface area contributed by atoms with Crippen LogP contribution in [0.4, 0.5) is 0 Å². The molecule has 10 heavy (non-hydrogen) atoms. The molecule has 0 aliphatic heterocycles. The Hall–Kier alpha value is -0.990. The Bertz CT molecular complexity index is 215. The summed E-state index contributed by atoms with van der Waals surface area (Å²) in [7, 11) is 0. The molecule has 1 aromatic heterocycles. The van der Waals surface area contributed by atoms with Crippen molar-refractivity contribution in [3.8, 4) is 0 Å². The second kappa shape index (κ2) is 2.73. The van der Waals surface area contributed by atoms with Gasteiger partial charge in [0.1, 0.15) is 5.82 Å². The predicted molar refractivity (Wildman–Crippen MR) is 41.1 cm³/mol. The van der Waals surface area contributed by atoms with Gasteiger partial charge < -0.3 is 5.84 Å². The van der Waals surface area contributed by atoms with E-state index in [2.05, 4.69) is 11.9 Å². The van der Waals surface area contributed by atoms with Crippen molar-refractivity contribution in [2.24, 2.45) is 0 Å². The fourth-order valence-corrected chi connectivity index (χ4v) is 0.975. The maximum Gasteiger partial charge on any atom is 0.127 e. The normalized spacial score (nSPS) is 10.2. The number of aromatic nitrogens is 2. The standard InChI is InChI=1S/C7H13N3/c1-3-4-7-9-6(2)5-10(7)8/h5H,3-4,8H2,1-2H3. The third-order valence-electron chi connectivity index (χ3n) is 1.40. The minimum atomic E-state index is 0.963. The molecule has 2 N–H and O–H groups in total. The molecule has 1 rings (SSSR count). The zero-order valence-electron chi connectivity index (χ0n) is 6.46. The average Bonchev–Trinajstić information content (AvgIpc) is 2.13. The van der Waals surface area contributed by atoms with Crippen molar-refractivity contribution < 1.29 is 0 Å². The van der Waals surface area contributed by atoms with E-state index in [0.29, 0.717) is 0 Å². The molecule has 0 fully saturated rings. The number of hydrogen-bond donors (Lipinski definition) is 1. The molecule has 56 valence electrons. The molecule has 0 radical (unpaired) electrons. The average molecular weight is 139 g/mol. The number of nitrogen functional groups attached to an aromatic ring is 1. The van der Waals surface area contributed by atoms with Gasteiger partial charge in [-0.05, 0) is 13.3 Å². The highest BCUT2D eigenvalue weighted by atomic mass is 15.3. The summed E-state index contributed by atoms with van der Waals surface area (Å²) in [6.07, 6.45) is 3.89. The maximum absolute atomic E-state index is 5.58. The molecule has 3 heteroatoms. The minimum Gasteiger partial charge on any atom is -0.338 e. The van der Waals surface area contributed by atoms with Crippen molar-refractivity contribution in [1.29, 1.82) is 0 Å². The number of aryl methyl sites for hydroxylation is 2. The van der Waals surface area contributed by atoms with E-state index in [4.69, 9.17) is 5.84 Å². The molecule has 0 aliphatic rings. The Labute approximate surface area is 60.8 Å². The molecule has 0 aromatic carbocycles. The predicted octanol–water partition coefficient (Wildman–Crippen LogP) is 0.858. The van der Waals surface area contributed by atoms with Gasteiger partial charge in [-0.15, -0.1) is 0 Å². The molecule has 0 saturated carbocycles. The number of rotatable bonds is 2. The van der Waals surface area contributed by atoms with Gasteiger partial charge in [-0.3, -0.25) is 4.68 Å². The molecule has 0 saturated heterocycles. The summed E-state index contributed by atoms with van der Waals surface area (Å²) < 4.78 is 1.60. The van der Waals surface area contributed by atoms with Gasteiger partial charge in [-0.2, -0.15) is 0 Å².